The average molecular weight is 270 g/mol. The molecule has 0 saturated heterocycles. The van der Waals surface area contributed by atoms with E-state index in [0.717, 1.165) is 11.3 Å². The fourth-order valence-electron chi connectivity index (χ4n) is 1.33. The van der Waals surface area contributed by atoms with E-state index >= 15 is 0 Å². The minimum atomic E-state index is -0.318. The third kappa shape index (κ3) is 4.75. The molecule has 1 aliphatic heterocycles. The molecule has 0 aliphatic carbocycles. The number of fused-ring (bicyclic) bond motifs is 1. The molecule has 4 nitrogen and oxygen atoms in total. The van der Waals surface area contributed by atoms with Gasteiger partial charge in [0.05, 0.1) is 6.42 Å². The number of hydrogen-bond acceptors (Lipinski definition) is 3. The van der Waals surface area contributed by atoms with Crippen LogP contribution in [0.4, 0.5) is 5.69 Å². The van der Waals surface area contributed by atoms with Crippen molar-refractivity contribution in [3.05, 3.63) is 28.8 Å². The van der Waals surface area contributed by atoms with Crippen LogP contribution in [0, 0.1) is 0 Å². The molecule has 1 aromatic rings. The molecule has 1 heterocycles. The van der Waals surface area contributed by atoms with Gasteiger partial charge in [0.2, 0.25) is 5.91 Å². The monoisotopic (exact) mass is 269 g/mol. The second-order valence-electron chi connectivity index (χ2n) is 4.85. The third-order valence-electron chi connectivity index (χ3n) is 2.10. The second kappa shape index (κ2) is 5.87. The molecule has 18 heavy (non-hydrogen) atoms. The van der Waals surface area contributed by atoms with Crippen molar-refractivity contribution in [2.24, 2.45) is 0 Å². The van der Waals surface area contributed by atoms with Gasteiger partial charge in [0.15, 0.2) is 0 Å². The van der Waals surface area contributed by atoms with Crippen LogP contribution in [0.5, 0.6) is 0 Å². The Balaban J connectivity index is 0.000000203. The van der Waals surface area contributed by atoms with Crippen molar-refractivity contribution in [3.63, 3.8) is 0 Å². The van der Waals surface area contributed by atoms with Crippen molar-refractivity contribution in [2.75, 3.05) is 5.32 Å². The summed E-state index contributed by atoms with van der Waals surface area (Å²) >= 11 is 5.72. The van der Waals surface area contributed by atoms with E-state index in [1.54, 1.807) is 12.1 Å². The quantitative estimate of drug-likeness (QED) is 0.798. The summed E-state index contributed by atoms with van der Waals surface area (Å²) in [6, 6.07) is 5.43. The zero-order valence-corrected chi connectivity index (χ0v) is 11.4. The van der Waals surface area contributed by atoms with Gasteiger partial charge in [-0.15, -0.1) is 0 Å². The number of rotatable bonds is 1. The van der Waals surface area contributed by atoms with Crippen molar-refractivity contribution >= 4 is 29.7 Å². The van der Waals surface area contributed by atoms with Gasteiger partial charge in [-0.2, -0.15) is 0 Å². The molecule has 0 unspecified atom stereocenters. The maximum absolute atomic E-state index is 10.9. The van der Waals surface area contributed by atoms with Crippen LogP contribution in [0.15, 0.2) is 18.2 Å². The van der Waals surface area contributed by atoms with Crippen LogP contribution in [0.2, 0.25) is 5.02 Å². The zero-order chi connectivity index (χ0) is 13.8. The Morgan fingerprint density at radius 1 is 1.39 bits per heavy atom. The molecule has 98 valence electrons. The molecule has 0 radical (unpaired) electrons. The highest BCUT2D eigenvalue weighted by atomic mass is 35.5. The molecule has 1 N–H and O–H groups in total. The number of ether oxygens (including phenoxy) is 1. The third-order valence-corrected chi connectivity index (χ3v) is 2.33. The molecule has 0 saturated carbocycles. The lowest BCUT2D eigenvalue weighted by molar-refractivity contribution is -0.138. The molecule has 1 amide bonds. The van der Waals surface area contributed by atoms with Crippen LogP contribution in [0.1, 0.15) is 26.3 Å². The Bertz CT molecular complexity index is 452. The molecule has 1 aliphatic rings. The van der Waals surface area contributed by atoms with Crippen molar-refractivity contribution < 1.29 is 14.3 Å². The summed E-state index contributed by atoms with van der Waals surface area (Å²) in [5, 5.41) is 3.37. The van der Waals surface area contributed by atoms with Gasteiger partial charge in [-0.05, 0) is 38.5 Å². The molecule has 1 aromatic carbocycles. The lowest BCUT2D eigenvalue weighted by Gasteiger charge is -2.14. The highest BCUT2D eigenvalue weighted by Gasteiger charge is 2.16. The molecule has 0 aromatic heterocycles. The Kier molecular flexibility index (Phi) is 4.73. The fourth-order valence-corrected chi connectivity index (χ4v) is 1.50. The summed E-state index contributed by atoms with van der Waals surface area (Å²) in [6.07, 6.45) is 0.479. The van der Waals surface area contributed by atoms with E-state index in [1.165, 1.54) is 0 Å². The summed E-state index contributed by atoms with van der Waals surface area (Å²) in [6.45, 7) is 5.92. The van der Waals surface area contributed by atoms with E-state index in [1.807, 2.05) is 26.8 Å². The number of nitrogens with one attached hydrogen (secondary N) is 1. The maximum Gasteiger partial charge on any atom is 0.293 e. The van der Waals surface area contributed by atoms with Crippen molar-refractivity contribution in [1.29, 1.82) is 0 Å². The minimum absolute atomic E-state index is 0.0438. The van der Waals surface area contributed by atoms with Crippen LogP contribution in [-0.4, -0.2) is 18.0 Å². The first kappa shape index (κ1) is 14.5. The van der Waals surface area contributed by atoms with Crippen LogP contribution < -0.4 is 5.32 Å². The maximum atomic E-state index is 10.9. The summed E-state index contributed by atoms with van der Waals surface area (Å²) < 4.78 is 4.55. The number of carbonyl (C=O) groups is 2. The smallest absolute Gasteiger partial charge is 0.293 e. The first-order valence-corrected chi connectivity index (χ1v) is 5.89. The van der Waals surface area contributed by atoms with E-state index < -0.39 is 0 Å². The predicted molar refractivity (Wildman–Crippen MR) is 70.7 cm³/mol. The largest absolute Gasteiger partial charge is 0.462 e. The van der Waals surface area contributed by atoms with Gasteiger partial charge < -0.3 is 10.1 Å². The number of benzene rings is 1. The minimum Gasteiger partial charge on any atom is -0.462 e. The topological polar surface area (TPSA) is 55.4 Å². The number of amides is 1. The second-order valence-corrected chi connectivity index (χ2v) is 5.29. The molecular weight excluding hydrogens is 254 g/mol. The fraction of sp³-hybridized carbons (Fsp3) is 0.385. The van der Waals surface area contributed by atoms with Gasteiger partial charge in [-0.1, -0.05) is 17.7 Å². The molecule has 2 rings (SSSR count). The molecule has 0 atom stereocenters. The Hall–Kier alpha value is -1.55. The Morgan fingerprint density at radius 2 is 2.06 bits per heavy atom. The first-order valence-electron chi connectivity index (χ1n) is 5.51. The summed E-state index contributed by atoms with van der Waals surface area (Å²) in [4.78, 5) is 20.5. The van der Waals surface area contributed by atoms with Gasteiger partial charge in [0, 0.05) is 10.7 Å². The number of anilines is 1. The first-order chi connectivity index (χ1) is 8.31. The van der Waals surface area contributed by atoms with E-state index in [-0.39, 0.29) is 11.5 Å². The SMILES string of the molecule is CC(C)(C)OC=O.O=C1Cc2ccc(Cl)cc2N1. The van der Waals surface area contributed by atoms with Crippen LogP contribution in [0.3, 0.4) is 0 Å². The Morgan fingerprint density at radius 3 is 2.56 bits per heavy atom. The highest BCUT2D eigenvalue weighted by molar-refractivity contribution is 6.31. The van der Waals surface area contributed by atoms with Crippen molar-refractivity contribution in [2.45, 2.75) is 32.8 Å². The Labute approximate surface area is 111 Å². The zero-order valence-electron chi connectivity index (χ0n) is 10.6. The summed E-state index contributed by atoms with van der Waals surface area (Å²) in [5.74, 6) is 0.0438. The normalized spacial score (nSPS) is 13.0. The molecule has 0 spiro atoms. The van der Waals surface area contributed by atoms with Gasteiger partial charge in [-0.25, -0.2) is 0 Å². The standard InChI is InChI=1S/C8H6ClNO.C5H10O2/c9-6-2-1-5-3-8(11)10-7(5)4-6;1-5(2,3)7-4-6/h1-2,4H,3H2,(H,10,11);4H,1-3H3. The van der Waals surface area contributed by atoms with Gasteiger partial charge >= 0.3 is 0 Å². The summed E-state index contributed by atoms with van der Waals surface area (Å²) in [7, 11) is 0. The van der Waals surface area contributed by atoms with Crippen molar-refractivity contribution in [3.8, 4) is 0 Å². The van der Waals surface area contributed by atoms with E-state index in [4.69, 9.17) is 11.6 Å². The van der Waals surface area contributed by atoms with Gasteiger partial charge in [0.25, 0.3) is 6.47 Å². The molecule has 0 bridgehead atoms. The molecule has 0 fully saturated rings. The van der Waals surface area contributed by atoms with Crippen molar-refractivity contribution in [1.82, 2.24) is 0 Å². The predicted octanol–water partition coefficient (Wildman–Crippen LogP) is 2.79. The lowest BCUT2D eigenvalue weighted by atomic mass is 10.2. The van der Waals surface area contributed by atoms with Crippen LogP contribution in [0.25, 0.3) is 0 Å². The molecule has 5 heteroatoms. The van der Waals surface area contributed by atoms with Gasteiger partial charge in [-0.3, -0.25) is 9.59 Å². The van der Waals surface area contributed by atoms with E-state index in [2.05, 4.69) is 10.1 Å². The van der Waals surface area contributed by atoms with E-state index in [0.29, 0.717) is 17.9 Å². The number of carbonyl (C=O) groups excluding carboxylic acids is 2. The van der Waals surface area contributed by atoms with Gasteiger partial charge in [0.1, 0.15) is 5.60 Å². The average Bonchev–Trinajstić information content (AvgIpc) is 2.56. The molecular formula is C13H16ClNO3. The van der Waals surface area contributed by atoms with Crippen LogP contribution >= 0.6 is 11.6 Å². The highest BCUT2D eigenvalue weighted by Crippen LogP contribution is 2.25. The van der Waals surface area contributed by atoms with Crippen LogP contribution in [-0.2, 0) is 20.7 Å². The summed E-state index contributed by atoms with van der Waals surface area (Å²) in [5.41, 5.74) is 1.56. The number of hydrogen-bond donors (Lipinski definition) is 1. The lowest BCUT2D eigenvalue weighted by Crippen LogP contribution is -2.17. The number of halogens is 1. The van der Waals surface area contributed by atoms with E-state index in [9.17, 15) is 9.59 Å².